The molecule has 0 spiro atoms. The molecule has 0 saturated carbocycles. The predicted molar refractivity (Wildman–Crippen MR) is 101 cm³/mol. The minimum absolute atomic E-state index is 0.698. The molecule has 1 N–H and O–H groups in total. The molecule has 126 valence electrons. The summed E-state index contributed by atoms with van der Waals surface area (Å²) in [5.41, 5.74) is 4.87. The average molecular weight is 331 g/mol. The topological polar surface area (TPSA) is 37.4 Å². The summed E-state index contributed by atoms with van der Waals surface area (Å²) >= 11 is 0. The van der Waals surface area contributed by atoms with Gasteiger partial charge in [-0.3, -0.25) is 0 Å². The molecule has 0 unspecified atom stereocenters. The molecule has 4 nitrogen and oxygen atoms in total. The first-order valence-electron chi connectivity index (χ1n) is 9.01. The van der Waals surface area contributed by atoms with Crippen LogP contribution in [0, 0.1) is 0 Å². The highest BCUT2D eigenvalue weighted by atomic mass is 16.5. The maximum atomic E-state index is 6.06. The zero-order valence-electron chi connectivity index (χ0n) is 14.2. The summed E-state index contributed by atoms with van der Waals surface area (Å²) < 4.78 is 6.06. The number of hydrogen-bond donors (Lipinski definition) is 1. The van der Waals surface area contributed by atoms with Gasteiger partial charge < -0.3 is 15.0 Å². The molecule has 0 amide bonds. The molecule has 4 heteroatoms. The molecule has 25 heavy (non-hydrogen) atoms. The lowest BCUT2D eigenvalue weighted by Crippen LogP contribution is -2.44. The molecule has 3 heterocycles. The number of nitrogens with zero attached hydrogens (tertiary/aromatic N) is 2. The van der Waals surface area contributed by atoms with E-state index in [9.17, 15) is 0 Å². The van der Waals surface area contributed by atoms with Gasteiger partial charge in [-0.25, -0.2) is 4.98 Å². The van der Waals surface area contributed by atoms with E-state index in [-0.39, 0.29) is 0 Å². The van der Waals surface area contributed by atoms with Crippen LogP contribution in [0.15, 0.2) is 48.5 Å². The highest BCUT2D eigenvalue weighted by molar-refractivity contribution is 6.00. The predicted octanol–water partition coefficient (Wildman–Crippen LogP) is 3.25. The Hall–Kier alpha value is -2.59. The number of anilines is 1. The summed E-state index contributed by atoms with van der Waals surface area (Å²) in [7, 11) is 0. The van der Waals surface area contributed by atoms with E-state index in [0.717, 1.165) is 49.7 Å². The number of piperazine rings is 1. The molecule has 0 radical (unpaired) electrons. The fourth-order valence-electron chi connectivity index (χ4n) is 3.98. The monoisotopic (exact) mass is 331 g/mol. The van der Waals surface area contributed by atoms with Gasteiger partial charge in [0.2, 0.25) is 0 Å². The summed E-state index contributed by atoms with van der Waals surface area (Å²) in [5.74, 6) is 2.11. The summed E-state index contributed by atoms with van der Waals surface area (Å²) in [6, 6.07) is 16.9. The second kappa shape index (κ2) is 6.05. The summed E-state index contributed by atoms with van der Waals surface area (Å²) in [4.78, 5) is 7.50. The number of aromatic nitrogens is 1. The highest BCUT2D eigenvalue weighted by Crippen LogP contribution is 2.42. The number of nitrogens with one attached hydrogen (secondary N) is 1. The van der Waals surface area contributed by atoms with Crippen molar-refractivity contribution in [3.05, 3.63) is 54.1 Å². The van der Waals surface area contributed by atoms with E-state index in [1.165, 1.54) is 22.1 Å². The zero-order valence-corrected chi connectivity index (χ0v) is 14.2. The maximum Gasteiger partial charge on any atom is 0.133 e. The van der Waals surface area contributed by atoms with E-state index in [2.05, 4.69) is 52.7 Å². The van der Waals surface area contributed by atoms with Crippen LogP contribution in [0.25, 0.3) is 22.0 Å². The summed E-state index contributed by atoms with van der Waals surface area (Å²) in [5, 5.41) is 4.65. The standard InChI is InChI=1S/C21H21N3O/c1-3-7-18-15(5-1)20-16-6-2-4-8-19(16)25-14-9-17(20)21(23-18)24-12-10-22-11-13-24/h1-8,22H,9-14H2. The van der Waals surface area contributed by atoms with E-state index in [1.807, 2.05) is 6.07 Å². The molecule has 0 atom stereocenters. The molecule has 1 saturated heterocycles. The van der Waals surface area contributed by atoms with Crippen LogP contribution in [0.1, 0.15) is 5.56 Å². The van der Waals surface area contributed by atoms with Crippen molar-refractivity contribution in [1.82, 2.24) is 10.3 Å². The second-order valence-electron chi connectivity index (χ2n) is 6.64. The maximum absolute atomic E-state index is 6.06. The number of ether oxygens (including phenoxy) is 1. The van der Waals surface area contributed by atoms with Crippen LogP contribution in [0.3, 0.4) is 0 Å². The Morgan fingerprint density at radius 2 is 1.76 bits per heavy atom. The quantitative estimate of drug-likeness (QED) is 0.743. The Bertz CT molecular complexity index is 932. The first kappa shape index (κ1) is 14.7. The molecule has 2 aliphatic heterocycles. The second-order valence-corrected chi connectivity index (χ2v) is 6.64. The smallest absolute Gasteiger partial charge is 0.133 e. The first-order valence-corrected chi connectivity index (χ1v) is 9.01. The fourth-order valence-corrected chi connectivity index (χ4v) is 3.98. The average Bonchev–Trinajstić information content (AvgIpc) is 2.88. The zero-order chi connectivity index (χ0) is 16.6. The molecule has 2 aromatic carbocycles. The Balaban J connectivity index is 1.83. The number of benzene rings is 2. The van der Waals surface area contributed by atoms with Gasteiger partial charge in [-0.05, 0) is 12.1 Å². The summed E-state index contributed by atoms with van der Waals surface area (Å²) in [6.45, 7) is 4.72. The molecular formula is C21H21N3O. The third-order valence-electron chi connectivity index (χ3n) is 5.15. The molecule has 0 bridgehead atoms. The van der Waals surface area contributed by atoms with E-state index in [4.69, 9.17) is 9.72 Å². The fraction of sp³-hybridized carbons (Fsp3) is 0.286. The highest BCUT2D eigenvalue weighted by Gasteiger charge is 2.25. The molecule has 1 fully saturated rings. The third kappa shape index (κ3) is 2.45. The Kier molecular flexibility index (Phi) is 3.56. The van der Waals surface area contributed by atoms with Gasteiger partial charge in [0.25, 0.3) is 0 Å². The van der Waals surface area contributed by atoms with E-state index >= 15 is 0 Å². The van der Waals surface area contributed by atoms with E-state index in [0.29, 0.717) is 6.61 Å². The minimum Gasteiger partial charge on any atom is -0.493 e. The van der Waals surface area contributed by atoms with Crippen LogP contribution in [-0.4, -0.2) is 37.8 Å². The van der Waals surface area contributed by atoms with Crippen LogP contribution in [0.4, 0.5) is 5.82 Å². The minimum atomic E-state index is 0.698. The van der Waals surface area contributed by atoms with E-state index < -0.39 is 0 Å². The SMILES string of the molecule is c1ccc2c(c1)OCCc1c(N3CCNCC3)nc3ccccc3c1-2. The van der Waals surface area contributed by atoms with Gasteiger partial charge in [0.05, 0.1) is 12.1 Å². The third-order valence-corrected chi connectivity index (χ3v) is 5.15. The Morgan fingerprint density at radius 3 is 2.68 bits per heavy atom. The Morgan fingerprint density at radius 1 is 0.960 bits per heavy atom. The number of fused-ring (bicyclic) bond motifs is 5. The summed E-state index contributed by atoms with van der Waals surface area (Å²) in [6.07, 6.45) is 0.890. The van der Waals surface area contributed by atoms with Crippen LogP contribution in [0.2, 0.25) is 0 Å². The molecule has 3 aromatic rings. The van der Waals surface area contributed by atoms with Crippen LogP contribution in [0.5, 0.6) is 5.75 Å². The van der Waals surface area contributed by atoms with Crippen LogP contribution >= 0.6 is 0 Å². The first-order chi connectivity index (χ1) is 12.4. The van der Waals surface area contributed by atoms with Crippen LogP contribution < -0.4 is 15.0 Å². The Labute approximate surface area is 147 Å². The molecule has 5 rings (SSSR count). The van der Waals surface area contributed by atoms with Gasteiger partial charge >= 0.3 is 0 Å². The van der Waals surface area contributed by atoms with Crippen molar-refractivity contribution in [2.75, 3.05) is 37.7 Å². The molecule has 1 aromatic heterocycles. The van der Waals surface area contributed by atoms with Gasteiger partial charge in [0.1, 0.15) is 11.6 Å². The molecule has 2 aliphatic rings. The molecule has 0 aliphatic carbocycles. The van der Waals surface area contributed by atoms with Crippen LogP contribution in [-0.2, 0) is 6.42 Å². The number of pyridine rings is 1. The van der Waals surface area contributed by atoms with Crippen molar-refractivity contribution >= 4 is 16.7 Å². The van der Waals surface area contributed by atoms with Gasteiger partial charge in [0, 0.05) is 54.7 Å². The lowest BCUT2D eigenvalue weighted by Gasteiger charge is -2.31. The van der Waals surface area contributed by atoms with Crippen molar-refractivity contribution < 1.29 is 4.74 Å². The van der Waals surface area contributed by atoms with Crippen molar-refractivity contribution in [3.63, 3.8) is 0 Å². The number of para-hydroxylation sites is 2. The van der Waals surface area contributed by atoms with Gasteiger partial charge in [0.15, 0.2) is 0 Å². The van der Waals surface area contributed by atoms with Gasteiger partial charge in [-0.1, -0.05) is 36.4 Å². The number of rotatable bonds is 1. The molecular weight excluding hydrogens is 310 g/mol. The normalized spacial score (nSPS) is 16.7. The largest absolute Gasteiger partial charge is 0.493 e. The number of hydrogen-bond acceptors (Lipinski definition) is 4. The van der Waals surface area contributed by atoms with Crippen molar-refractivity contribution in [2.45, 2.75) is 6.42 Å². The van der Waals surface area contributed by atoms with Gasteiger partial charge in [-0.2, -0.15) is 0 Å². The van der Waals surface area contributed by atoms with E-state index in [1.54, 1.807) is 0 Å². The van der Waals surface area contributed by atoms with Crippen molar-refractivity contribution in [1.29, 1.82) is 0 Å². The van der Waals surface area contributed by atoms with Gasteiger partial charge in [-0.15, -0.1) is 0 Å². The van der Waals surface area contributed by atoms with Crippen molar-refractivity contribution in [2.24, 2.45) is 0 Å². The van der Waals surface area contributed by atoms with Crippen molar-refractivity contribution in [3.8, 4) is 16.9 Å². The lowest BCUT2D eigenvalue weighted by atomic mass is 9.94. The lowest BCUT2D eigenvalue weighted by molar-refractivity contribution is 0.326.